The molecule has 0 bridgehead atoms. The van der Waals surface area contributed by atoms with Gasteiger partial charge in [-0.25, -0.2) is 14.6 Å². The second kappa shape index (κ2) is 13.4. The van der Waals surface area contributed by atoms with Crippen molar-refractivity contribution < 1.29 is 24.6 Å². The molecule has 0 aliphatic carbocycles. The maximum absolute atomic E-state index is 12.5. The molecule has 3 N–H and O–H groups in total. The second-order valence-corrected chi connectivity index (χ2v) is 7.41. The van der Waals surface area contributed by atoms with Crippen LogP contribution in [0.3, 0.4) is 0 Å². The molecule has 2 aromatic heterocycles. The van der Waals surface area contributed by atoms with Gasteiger partial charge in [0.1, 0.15) is 5.82 Å². The molecular weight excluding hydrogens is 394 g/mol. The van der Waals surface area contributed by atoms with Gasteiger partial charge >= 0.3 is 11.9 Å². The Balaban J connectivity index is 0.000000612. The first-order valence-electron chi connectivity index (χ1n) is 9.21. The van der Waals surface area contributed by atoms with Crippen LogP contribution in [0, 0.1) is 0 Å². The fourth-order valence-corrected chi connectivity index (χ4v) is 3.06. The fraction of sp³-hybridized carbons (Fsp3) is 0.400. The summed E-state index contributed by atoms with van der Waals surface area (Å²) < 4.78 is 0. The molecule has 0 unspecified atom stereocenters. The third-order valence-electron chi connectivity index (χ3n) is 3.80. The van der Waals surface area contributed by atoms with E-state index in [9.17, 15) is 4.79 Å². The van der Waals surface area contributed by atoms with Crippen molar-refractivity contribution in [3.63, 3.8) is 0 Å². The average molecular weight is 422 g/mol. The van der Waals surface area contributed by atoms with E-state index in [1.54, 1.807) is 6.20 Å². The molecule has 0 saturated heterocycles. The molecule has 2 rings (SSSR count). The fourth-order valence-electron chi connectivity index (χ4n) is 2.38. The summed E-state index contributed by atoms with van der Waals surface area (Å²) in [6.45, 7) is 2.00. The van der Waals surface area contributed by atoms with Crippen LogP contribution in [0.4, 0.5) is 5.82 Å². The summed E-state index contributed by atoms with van der Waals surface area (Å²) in [7, 11) is 4.21. The monoisotopic (exact) mass is 421 g/mol. The van der Waals surface area contributed by atoms with Gasteiger partial charge in [-0.1, -0.05) is 18.9 Å². The molecule has 0 aliphatic heterocycles. The number of hydrogen-bond donors (Lipinski definition) is 3. The van der Waals surface area contributed by atoms with Gasteiger partial charge in [0.2, 0.25) is 5.78 Å². The molecule has 158 valence electrons. The number of hydrogen-bond acceptors (Lipinski definition) is 7. The van der Waals surface area contributed by atoms with Gasteiger partial charge in [0.25, 0.3) is 0 Å². The number of pyridine rings is 1. The number of thiophene rings is 1. The molecule has 8 nitrogen and oxygen atoms in total. The van der Waals surface area contributed by atoms with E-state index >= 15 is 0 Å². The van der Waals surface area contributed by atoms with Gasteiger partial charge < -0.3 is 20.4 Å². The minimum atomic E-state index is -1.82. The molecule has 9 heteroatoms. The van der Waals surface area contributed by atoms with E-state index in [-0.39, 0.29) is 5.78 Å². The molecule has 0 amide bonds. The van der Waals surface area contributed by atoms with Gasteiger partial charge in [-0.2, -0.15) is 0 Å². The van der Waals surface area contributed by atoms with Gasteiger partial charge in [0, 0.05) is 12.7 Å². The van der Waals surface area contributed by atoms with Crippen LogP contribution in [-0.4, -0.2) is 65.0 Å². The average Bonchev–Trinajstić information content (AvgIpc) is 3.22. The van der Waals surface area contributed by atoms with E-state index in [4.69, 9.17) is 19.8 Å². The molecule has 29 heavy (non-hydrogen) atoms. The maximum atomic E-state index is 12.5. The van der Waals surface area contributed by atoms with Crippen LogP contribution in [-0.2, 0) is 9.59 Å². The Hall–Kier alpha value is -2.78. The largest absolute Gasteiger partial charge is 0.473 e. The number of carbonyl (C=O) groups is 3. The van der Waals surface area contributed by atoms with E-state index in [1.807, 2.05) is 29.6 Å². The van der Waals surface area contributed by atoms with Gasteiger partial charge in [0.05, 0.1) is 10.4 Å². The Kier molecular flexibility index (Phi) is 11.2. The highest BCUT2D eigenvalue weighted by Gasteiger charge is 2.14. The Morgan fingerprint density at radius 1 is 1.03 bits per heavy atom. The second-order valence-electron chi connectivity index (χ2n) is 6.46. The summed E-state index contributed by atoms with van der Waals surface area (Å²) in [6.07, 6.45) is 6.49. The Morgan fingerprint density at radius 2 is 1.72 bits per heavy atom. The van der Waals surface area contributed by atoms with Crippen LogP contribution in [0.25, 0.3) is 0 Å². The zero-order valence-electron chi connectivity index (χ0n) is 16.6. The summed E-state index contributed by atoms with van der Waals surface area (Å²) in [5.41, 5.74) is 0.655. The van der Waals surface area contributed by atoms with E-state index in [2.05, 4.69) is 29.3 Å². The van der Waals surface area contributed by atoms with Crippen molar-refractivity contribution in [2.45, 2.75) is 25.7 Å². The summed E-state index contributed by atoms with van der Waals surface area (Å²) >= 11 is 1.47. The third-order valence-corrected chi connectivity index (χ3v) is 4.67. The maximum Gasteiger partial charge on any atom is 0.414 e. The summed E-state index contributed by atoms with van der Waals surface area (Å²) in [5, 5.41) is 20.0. The molecule has 0 saturated carbocycles. The number of rotatable bonds is 10. The van der Waals surface area contributed by atoms with Gasteiger partial charge in [0.15, 0.2) is 0 Å². The standard InChI is InChI=1S/C18H25N3OS.C2H2O4/c1-21(2)13-6-4-3-5-11-19-18-15(9-7-12-20-18)17(22)16-10-8-14-23-16;3-1(4)2(5)6/h7-10,12,14H,3-6,11,13H2,1-2H3,(H,19,20);(H,3,4)(H,5,6). The van der Waals surface area contributed by atoms with Crippen LogP contribution in [0.1, 0.15) is 40.9 Å². The minimum absolute atomic E-state index is 0.0431. The quantitative estimate of drug-likeness (QED) is 0.304. The molecule has 0 spiro atoms. The SMILES string of the molecule is CN(C)CCCCCCNc1ncccc1C(=O)c1cccs1.O=C(O)C(=O)O. The van der Waals surface area contributed by atoms with Gasteiger partial charge in [-0.15, -0.1) is 11.3 Å². The highest BCUT2D eigenvalue weighted by Crippen LogP contribution is 2.20. The lowest BCUT2D eigenvalue weighted by atomic mass is 10.1. The topological polar surface area (TPSA) is 120 Å². The lowest BCUT2D eigenvalue weighted by molar-refractivity contribution is -0.159. The molecular formula is C20H27N3O5S. The highest BCUT2D eigenvalue weighted by atomic mass is 32.1. The van der Waals surface area contributed by atoms with Crippen molar-refractivity contribution in [3.8, 4) is 0 Å². The van der Waals surface area contributed by atoms with E-state index in [1.165, 1.54) is 30.6 Å². The zero-order valence-corrected chi connectivity index (χ0v) is 17.4. The first kappa shape index (κ1) is 24.3. The first-order chi connectivity index (χ1) is 13.8. The van der Waals surface area contributed by atoms with Crippen LogP contribution in [0.15, 0.2) is 35.8 Å². The van der Waals surface area contributed by atoms with Crippen LogP contribution in [0.2, 0.25) is 0 Å². The van der Waals surface area contributed by atoms with Crippen molar-refractivity contribution in [1.82, 2.24) is 9.88 Å². The number of carbonyl (C=O) groups excluding carboxylic acids is 1. The number of carboxylic acid groups (broad SMARTS) is 2. The summed E-state index contributed by atoms with van der Waals surface area (Å²) in [6, 6.07) is 7.41. The highest BCUT2D eigenvalue weighted by molar-refractivity contribution is 7.12. The minimum Gasteiger partial charge on any atom is -0.473 e. The Morgan fingerprint density at radius 3 is 2.31 bits per heavy atom. The van der Waals surface area contributed by atoms with Crippen molar-refractivity contribution >= 4 is 34.9 Å². The molecule has 2 aromatic rings. The molecule has 0 radical (unpaired) electrons. The number of anilines is 1. The normalized spacial score (nSPS) is 10.2. The zero-order chi connectivity index (χ0) is 21.6. The molecule has 0 fully saturated rings. The van der Waals surface area contributed by atoms with Crippen molar-refractivity contribution in [2.24, 2.45) is 0 Å². The number of ketones is 1. The van der Waals surface area contributed by atoms with Gasteiger partial charge in [-0.05, 0) is 57.1 Å². The number of nitrogens with zero attached hydrogens (tertiary/aromatic N) is 2. The van der Waals surface area contributed by atoms with Crippen LogP contribution in [0.5, 0.6) is 0 Å². The number of unbranched alkanes of at least 4 members (excludes halogenated alkanes) is 3. The van der Waals surface area contributed by atoms with E-state index < -0.39 is 11.9 Å². The number of nitrogens with one attached hydrogen (secondary N) is 1. The Bertz CT molecular complexity index is 766. The predicted molar refractivity (Wildman–Crippen MR) is 113 cm³/mol. The number of carboxylic acids is 2. The first-order valence-corrected chi connectivity index (χ1v) is 10.1. The summed E-state index contributed by atoms with van der Waals surface area (Å²) in [5.74, 6) is -2.91. The van der Waals surface area contributed by atoms with Crippen LogP contribution < -0.4 is 5.32 Å². The molecule has 0 aliphatic rings. The van der Waals surface area contributed by atoms with E-state index in [0.29, 0.717) is 11.4 Å². The number of aliphatic carboxylic acids is 2. The smallest absolute Gasteiger partial charge is 0.414 e. The van der Waals surface area contributed by atoms with Crippen molar-refractivity contribution in [1.29, 1.82) is 0 Å². The third kappa shape index (κ3) is 9.82. The lowest BCUT2D eigenvalue weighted by Crippen LogP contribution is -2.13. The van der Waals surface area contributed by atoms with Crippen LogP contribution >= 0.6 is 11.3 Å². The Labute approximate surface area is 174 Å². The summed E-state index contributed by atoms with van der Waals surface area (Å²) in [4.78, 5) is 38.0. The molecule has 0 atom stereocenters. The molecule has 2 heterocycles. The predicted octanol–water partition coefficient (Wildman–Crippen LogP) is 3.06. The molecule has 0 aromatic carbocycles. The number of aromatic nitrogens is 1. The van der Waals surface area contributed by atoms with Crippen molar-refractivity contribution in [3.05, 3.63) is 46.3 Å². The van der Waals surface area contributed by atoms with E-state index in [0.717, 1.165) is 24.4 Å². The van der Waals surface area contributed by atoms with Gasteiger partial charge in [-0.3, -0.25) is 4.79 Å². The van der Waals surface area contributed by atoms with Crippen molar-refractivity contribution in [2.75, 3.05) is 32.5 Å². The lowest BCUT2D eigenvalue weighted by Gasteiger charge is -2.10.